The summed E-state index contributed by atoms with van der Waals surface area (Å²) in [6.45, 7) is 3.45. The van der Waals surface area contributed by atoms with Crippen molar-refractivity contribution >= 4 is 6.08 Å². The number of methoxy groups -OCH3 is 1. The highest BCUT2D eigenvalue weighted by Crippen LogP contribution is 2.32. The molecule has 0 fully saturated rings. The van der Waals surface area contributed by atoms with Crippen LogP contribution in [0.2, 0.25) is 0 Å². The zero-order valence-corrected chi connectivity index (χ0v) is 7.97. The molecule has 0 radical (unpaired) electrons. The fourth-order valence-electron chi connectivity index (χ4n) is 1.02. The minimum absolute atomic E-state index is 0.0259. The zero-order valence-electron chi connectivity index (χ0n) is 7.97. The van der Waals surface area contributed by atoms with Gasteiger partial charge in [-0.3, -0.25) is 0 Å². The largest absolute Gasteiger partial charge is 0.573 e. The second-order valence-corrected chi connectivity index (χ2v) is 2.66. The minimum atomic E-state index is -4.73. The molecule has 2 nitrogen and oxygen atoms in total. The molecule has 0 saturated carbocycles. The van der Waals surface area contributed by atoms with Crippen LogP contribution in [0.25, 0.3) is 6.08 Å². The van der Waals surface area contributed by atoms with Crippen LogP contribution in [0.3, 0.4) is 0 Å². The highest BCUT2D eigenvalue weighted by atomic mass is 19.4. The van der Waals surface area contributed by atoms with E-state index in [4.69, 9.17) is 4.74 Å². The van der Waals surface area contributed by atoms with Gasteiger partial charge in [0.25, 0.3) is 0 Å². The van der Waals surface area contributed by atoms with Gasteiger partial charge >= 0.3 is 6.36 Å². The highest BCUT2D eigenvalue weighted by Gasteiger charge is 2.32. The van der Waals surface area contributed by atoms with Crippen LogP contribution in [0, 0.1) is 0 Å². The van der Waals surface area contributed by atoms with E-state index in [9.17, 15) is 13.2 Å². The van der Waals surface area contributed by atoms with Gasteiger partial charge in [-0.2, -0.15) is 0 Å². The Balaban J connectivity index is 3.06. The van der Waals surface area contributed by atoms with E-state index in [-0.39, 0.29) is 11.5 Å². The van der Waals surface area contributed by atoms with Gasteiger partial charge in [-0.25, -0.2) is 0 Å². The van der Waals surface area contributed by atoms with Crippen molar-refractivity contribution in [3.63, 3.8) is 0 Å². The lowest BCUT2D eigenvalue weighted by Crippen LogP contribution is -2.17. The molecule has 1 aromatic rings. The van der Waals surface area contributed by atoms with E-state index in [0.29, 0.717) is 5.56 Å². The number of benzene rings is 1. The molecule has 0 aliphatic rings. The van der Waals surface area contributed by atoms with E-state index in [1.54, 1.807) is 6.07 Å². The van der Waals surface area contributed by atoms with Crippen LogP contribution in [0.4, 0.5) is 13.2 Å². The van der Waals surface area contributed by atoms with Crippen molar-refractivity contribution in [2.75, 3.05) is 7.11 Å². The molecule has 0 amide bonds. The van der Waals surface area contributed by atoms with Gasteiger partial charge in [-0.05, 0) is 17.7 Å². The normalized spacial score (nSPS) is 10.9. The van der Waals surface area contributed by atoms with Crippen molar-refractivity contribution in [1.82, 2.24) is 0 Å². The smallest absolute Gasteiger partial charge is 0.493 e. The lowest BCUT2D eigenvalue weighted by Gasteiger charge is -2.12. The Kier molecular flexibility index (Phi) is 3.24. The Morgan fingerprint density at radius 1 is 1.27 bits per heavy atom. The van der Waals surface area contributed by atoms with Crippen LogP contribution >= 0.6 is 0 Å². The first-order valence-electron chi connectivity index (χ1n) is 4.02. The van der Waals surface area contributed by atoms with Gasteiger partial charge < -0.3 is 9.47 Å². The monoisotopic (exact) mass is 218 g/mol. The summed E-state index contributed by atoms with van der Waals surface area (Å²) >= 11 is 0. The molecular weight excluding hydrogens is 209 g/mol. The van der Waals surface area contributed by atoms with Crippen LogP contribution < -0.4 is 9.47 Å². The number of hydrogen-bond donors (Lipinski definition) is 0. The molecule has 0 heterocycles. The van der Waals surface area contributed by atoms with Crippen molar-refractivity contribution in [3.05, 3.63) is 30.3 Å². The molecular formula is C10H9F3O2. The van der Waals surface area contributed by atoms with E-state index in [1.165, 1.54) is 25.3 Å². The number of rotatable bonds is 3. The SMILES string of the molecule is C=Cc1ccc(OC)c(OC(F)(F)F)c1. The summed E-state index contributed by atoms with van der Waals surface area (Å²) in [6.07, 6.45) is -3.31. The molecule has 0 aliphatic heterocycles. The van der Waals surface area contributed by atoms with Crippen molar-refractivity contribution in [3.8, 4) is 11.5 Å². The fourth-order valence-corrected chi connectivity index (χ4v) is 1.02. The predicted octanol–water partition coefficient (Wildman–Crippen LogP) is 3.24. The summed E-state index contributed by atoms with van der Waals surface area (Å²) < 4.78 is 44.5. The molecule has 0 aliphatic carbocycles. The number of hydrogen-bond acceptors (Lipinski definition) is 2. The molecule has 5 heteroatoms. The number of halogens is 3. The second kappa shape index (κ2) is 4.25. The molecule has 0 spiro atoms. The van der Waals surface area contributed by atoms with Crippen molar-refractivity contribution in [2.24, 2.45) is 0 Å². The van der Waals surface area contributed by atoms with E-state index in [1.807, 2.05) is 0 Å². The summed E-state index contributed by atoms with van der Waals surface area (Å²) in [7, 11) is 1.27. The van der Waals surface area contributed by atoms with E-state index in [0.717, 1.165) is 0 Å². The van der Waals surface area contributed by atoms with Gasteiger partial charge in [0.05, 0.1) is 7.11 Å². The van der Waals surface area contributed by atoms with Gasteiger partial charge in [0.1, 0.15) is 0 Å². The lowest BCUT2D eigenvalue weighted by molar-refractivity contribution is -0.275. The van der Waals surface area contributed by atoms with E-state index in [2.05, 4.69) is 11.3 Å². The Morgan fingerprint density at radius 2 is 1.93 bits per heavy atom. The molecule has 82 valence electrons. The Morgan fingerprint density at radius 3 is 2.40 bits per heavy atom. The van der Waals surface area contributed by atoms with Gasteiger partial charge in [-0.1, -0.05) is 18.7 Å². The van der Waals surface area contributed by atoms with Crippen molar-refractivity contribution < 1.29 is 22.6 Å². The average molecular weight is 218 g/mol. The maximum Gasteiger partial charge on any atom is 0.573 e. The summed E-state index contributed by atoms with van der Waals surface area (Å²) in [5, 5.41) is 0. The minimum Gasteiger partial charge on any atom is -0.493 e. The Bertz CT molecular complexity index is 358. The molecule has 0 N–H and O–H groups in total. The van der Waals surface area contributed by atoms with Gasteiger partial charge in [0.15, 0.2) is 11.5 Å². The molecule has 0 saturated heterocycles. The molecule has 0 unspecified atom stereocenters. The predicted molar refractivity (Wildman–Crippen MR) is 49.8 cm³/mol. The summed E-state index contributed by atoms with van der Waals surface area (Å²) in [5.74, 6) is -0.347. The maximum absolute atomic E-state index is 12.0. The molecule has 0 atom stereocenters. The average Bonchev–Trinajstić information content (AvgIpc) is 2.15. The Hall–Kier alpha value is -1.65. The zero-order chi connectivity index (χ0) is 11.5. The van der Waals surface area contributed by atoms with Gasteiger partial charge in [0, 0.05) is 0 Å². The summed E-state index contributed by atoms with van der Waals surface area (Å²) in [4.78, 5) is 0. The van der Waals surface area contributed by atoms with Crippen LogP contribution in [-0.4, -0.2) is 13.5 Å². The first kappa shape index (κ1) is 11.4. The van der Waals surface area contributed by atoms with Gasteiger partial charge in [0.2, 0.25) is 0 Å². The summed E-state index contributed by atoms with van der Waals surface area (Å²) in [5.41, 5.74) is 0.523. The molecule has 1 aromatic carbocycles. The summed E-state index contributed by atoms with van der Waals surface area (Å²) in [6, 6.07) is 4.17. The van der Waals surface area contributed by atoms with Crippen molar-refractivity contribution in [1.29, 1.82) is 0 Å². The first-order valence-corrected chi connectivity index (χ1v) is 4.02. The third-order valence-electron chi connectivity index (χ3n) is 1.65. The van der Waals surface area contributed by atoms with Gasteiger partial charge in [-0.15, -0.1) is 13.2 Å². The van der Waals surface area contributed by atoms with E-state index >= 15 is 0 Å². The lowest BCUT2D eigenvalue weighted by atomic mass is 10.2. The first-order chi connectivity index (χ1) is 6.96. The highest BCUT2D eigenvalue weighted by molar-refractivity contribution is 5.54. The molecule has 0 bridgehead atoms. The van der Waals surface area contributed by atoms with Crippen molar-refractivity contribution in [2.45, 2.75) is 6.36 Å². The van der Waals surface area contributed by atoms with Crippen LogP contribution in [0.15, 0.2) is 24.8 Å². The standard InChI is InChI=1S/C10H9F3O2/c1-3-7-4-5-8(14-2)9(6-7)15-10(11,12)13/h3-6H,1H2,2H3. The quantitative estimate of drug-likeness (QED) is 0.775. The van der Waals surface area contributed by atoms with Crippen LogP contribution in [0.5, 0.6) is 11.5 Å². The fraction of sp³-hybridized carbons (Fsp3) is 0.200. The van der Waals surface area contributed by atoms with Crippen LogP contribution in [0.1, 0.15) is 5.56 Å². The molecule has 1 rings (SSSR count). The molecule has 0 aromatic heterocycles. The molecule has 15 heavy (non-hydrogen) atoms. The number of alkyl halides is 3. The number of ether oxygens (including phenoxy) is 2. The van der Waals surface area contributed by atoms with Crippen LogP contribution in [-0.2, 0) is 0 Å². The Labute approximate surface area is 84.9 Å². The maximum atomic E-state index is 12.0. The third-order valence-corrected chi connectivity index (χ3v) is 1.65. The topological polar surface area (TPSA) is 18.5 Å². The van der Waals surface area contributed by atoms with E-state index < -0.39 is 6.36 Å². The third kappa shape index (κ3) is 3.19. The second-order valence-electron chi connectivity index (χ2n) is 2.66.